The second-order valence-electron chi connectivity index (χ2n) is 5.28. The molecule has 0 aliphatic rings. The Hall–Kier alpha value is -1.90. The second-order valence-corrected chi connectivity index (χ2v) is 8.51. The molecule has 3 aromatic rings. The highest BCUT2D eigenvalue weighted by Crippen LogP contribution is 2.25. The lowest BCUT2D eigenvalue weighted by atomic mass is 10.2. The summed E-state index contributed by atoms with van der Waals surface area (Å²) >= 11 is 4.63. The van der Waals surface area contributed by atoms with Crippen molar-refractivity contribution in [2.24, 2.45) is 0 Å². The molecule has 0 spiro atoms. The predicted molar refractivity (Wildman–Crippen MR) is 107 cm³/mol. The molecular formula is C17H18N4OS3. The van der Waals surface area contributed by atoms with E-state index in [1.54, 1.807) is 11.3 Å². The minimum atomic E-state index is -0.0401. The Bertz CT molecular complexity index is 817. The molecule has 130 valence electrons. The Kier molecular flexibility index (Phi) is 6.43. The van der Waals surface area contributed by atoms with Crippen molar-refractivity contribution in [2.75, 3.05) is 22.9 Å². The van der Waals surface area contributed by atoms with E-state index < -0.39 is 0 Å². The Morgan fingerprint density at radius 1 is 1.20 bits per heavy atom. The Balaban J connectivity index is 1.42. The van der Waals surface area contributed by atoms with Gasteiger partial charge in [0.05, 0.1) is 5.75 Å². The number of amides is 1. The van der Waals surface area contributed by atoms with E-state index in [9.17, 15) is 4.79 Å². The highest BCUT2D eigenvalue weighted by atomic mass is 32.2. The van der Waals surface area contributed by atoms with Crippen LogP contribution >= 0.6 is 34.4 Å². The van der Waals surface area contributed by atoms with Gasteiger partial charge in [-0.1, -0.05) is 47.4 Å². The van der Waals surface area contributed by atoms with Crippen LogP contribution in [0, 0.1) is 6.92 Å². The number of thioether (sulfide) groups is 1. The number of carbonyl (C=O) groups is 1. The molecule has 0 bridgehead atoms. The fraction of sp³-hybridized carbons (Fsp3) is 0.235. The number of aryl methyl sites for hydroxylation is 1. The van der Waals surface area contributed by atoms with E-state index >= 15 is 0 Å². The summed E-state index contributed by atoms with van der Waals surface area (Å²) in [5.41, 5.74) is 1.90. The number of anilines is 2. The molecule has 5 nitrogen and oxygen atoms in total. The Morgan fingerprint density at radius 3 is 2.88 bits per heavy atom. The number of thiophene rings is 1. The van der Waals surface area contributed by atoms with Crippen LogP contribution in [0.2, 0.25) is 0 Å². The third-order valence-corrected chi connectivity index (χ3v) is 6.33. The lowest BCUT2D eigenvalue weighted by Crippen LogP contribution is -2.14. The Morgan fingerprint density at radius 2 is 2.08 bits per heavy atom. The van der Waals surface area contributed by atoms with E-state index in [0.29, 0.717) is 5.75 Å². The monoisotopic (exact) mass is 390 g/mol. The molecule has 0 unspecified atom stereocenters. The van der Waals surface area contributed by atoms with Gasteiger partial charge < -0.3 is 10.6 Å². The first-order chi connectivity index (χ1) is 12.2. The first-order valence-electron chi connectivity index (χ1n) is 7.79. The molecule has 0 fully saturated rings. The lowest BCUT2D eigenvalue weighted by Gasteiger charge is -2.06. The largest absolute Gasteiger partial charge is 0.360 e. The molecule has 0 radical (unpaired) electrons. The van der Waals surface area contributed by atoms with Crippen molar-refractivity contribution in [3.63, 3.8) is 0 Å². The standard InChI is InChI=1S/C17H18N4OS3/c1-12-5-2-3-7-14(12)19-15(22)11-24-17-21-20-16(25-17)18-9-8-13-6-4-10-23-13/h2-7,10H,8-9,11H2,1H3,(H,18,20)(H,19,22). The van der Waals surface area contributed by atoms with Crippen molar-refractivity contribution in [2.45, 2.75) is 17.7 Å². The molecular weight excluding hydrogens is 372 g/mol. The van der Waals surface area contributed by atoms with Gasteiger partial charge in [0.2, 0.25) is 11.0 Å². The zero-order valence-corrected chi connectivity index (χ0v) is 16.1. The van der Waals surface area contributed by atoms with E-state index in [4.69, 9.17) is 0 Å². The molecule has 1 aromatic carbocycles. The van der Waals surface area contributed by atoms with Crippen LogP contribution < -0.4 is 10.6 Å². The number of aromatic nitrogens is 2. The van der Waals surface area contributed by atoms with Gasteiger partial charge in [-0.15, -0.1) is 21.5 Å². The zero-order chi connectivity index (χ0) is 17.5. The minimum absolute atomic E-state index is 0.0401. The van der Waals surface area contributed by atoms with Gasteiger partial charge in [0, 0.05) is 17.1 Å². The van der Waals surface area contributed by atoms with Crippen LogP contribution in [0.3, 0.4) is 0 Å². The number of nitrogens with zero attached hydrogens (tertiary/aromatic N) is 2. The van der Waals surface area contributed by atoms with Crippen LogP contribution in [0.4, 0.5) is 10.8 Å². The number of para-hydroxylation sites is 1. The van der Waals surface area contributed by atoms with Gasteiger partial charge in [-0.05, 0) is 36.4 Å². The summed E-state index contributed by atoms with van der Waals surface area (Å²) in [6, 6.07) is 11.9. The van der Waals surface area contributed by atoms with E-state index in [2.05, 4.69) is 38.3 Å². The van der Waals surface area contributed by atoms with Crippen molar-refractivity contribution >= 4 is 51.2 Å². The van der Waals surface area contributed by atoms with Crippen molar-refractivity contribution in [1.82, 2.24) is 10.2 Å². The molecule has 25 heavy (non-hydrogen) atoms. The van der Waals surface area contributed by atoms with Crippen molar-refractivity contribution in [3.05, 3.63) is 52.2 Å². The summed E-state index contributed by atoms with van der Waals surface area (Å²) in [4.78, 5) is 13.4. The molecule has 3 rings (SSSR count). The highest BCUT2D eigenvalue weighted by Gasteiger charge is 2.09. The van der Waals surface area contributed by atoms with Gasteiger partial charge in [-0.2, -0.15) is 0 Å². The summed E-state index contributed by atoms with van der Waals surface area (Å²) in [7, 11) is 0. The van der Waals surface area contributed by atoms with Crippen LogP contribution in [0.15, 0.2) is 46.1 Å². The lowest BCUT2D eigenvalue weighted by molar-refractivity contribution is -0.113. The van der Waals surface area contributed by atoms with Gasteiger partial charge in [0.15, 0.2) is 4.34 Å². The van der Waals surface area contributed by atoms with Crippen LogP contribution in [0.1, 0.15) is 10.4 Å². The van der Waals surface area contributed by atoms with Crippen molar-refractivity contribution in [3.8, 4) is 0 Å². The van der Waals surface area contributed by atoms with E-state index in [1.165, 1.54) is 28.0 Å². The maximum absolute atomic E-state index is 12.1. The summed E-state index contributed by atoms with van der Waals surface area (Å²) in [6.45, 7) is 2.80. The average Bonchev–Trinajstić information content (AvgIpc) is 3.27. The van der Waals surface area contributed by atoms with Crippen LogP contribution in [-0.4, -0.2) is 28.4 Å². The normalized spacial score (nSPS) is 10.6. The number of hydrogen-bond acceptors (Lipinski definition) is 7. The van der Waals surface area contributed by atoms with Crippen molar-refractivity contribution < 1.29 is 4.79 Å². The fourth-order valence-electron chi connectivity index (χ4n) is 2.11. The van der Waals surface area contributed by atoms with E-state index in [1.807, 2.05) is 31.2 Å². The zero-order valence-electron chi connectivity index (χ0n) is 13.7. The van der Waals surface area contributed by atoms with Crippen LogP contribution in [-0.2, 0) is 11.2 Å². The van der Waals surface area contributed by atoms with Gasteiger partial charge in [0.1, 0.15) is 0 Å². The second kappa shape index (κ2) is 8.98. The van der Waals surface area contributed by atoms with Crippen LogP contribution in [0.5, 0.6) is 0 Å². The molecule has 0 aliphatic heterocycles. The highest BCUT2D eigenvalue weighted by molar-refractivity contribution is 8.01. The quantitative estimate of drug-likeness (QED) is 0.562. The summed E-state index contributed by atoms with van der Waals surface area (Å²) in [6.07, 6.45) is 0.971. The maximum atomic E-state index is 12.1. The molecule has 8 heteroatoms. The van der Waals surface area contributed by atoms with E-state index in [-0.39, 0.29) is 5.91 Å². The summed E-state index contributed by atoms with van der Waals surface area (Å²) < 4.78 is 0.790. The molecule has 1 amide bonds. The molecule has 2 N–H and O–H groups in total. The molecule has 0 aliphatic carbocycles. The average molecular weight is 391 g/mol. The van der Waals surface area contributed by atoms with Gasteiger partial charge in [0.25, 0.3) is 0 Å². The molecule has 0 atom stereocenters. The number of rotatable bonds is 8. The first-order valence-corrected chi connectivity index (χ1v) is 10.5. The first kappa shape index (κ1) is 17.9. The molecule has 2 aromatic heterocycles. The smallest absolute Gasteiger partial charge is 0.234 e. The Labute approximate surface area is 158 Å². The van der Waals surface area contributed by atoms with Gasteiger partial charge in [-0.25, -0.2) is 0 Å². The van der Waals surface area contributed by atoms with Crippen molar-refractivity contribution in [1.29, 1.82) is 0 Å². The van der Waals surface area contributed by atoms with Crippen LogP contribution in [0.25, 0.3) is 0 Å². The minimum Gasteiger partial charge on any atom is -0.360 e. The number of benzene rings is 1. The topological polar surface area (TPSA) is 66.9 Å². The third-order valence-electron chi connectivity index (χ3n) is 3.38. The number of hydrogen-bond donors (Lipinski definition) is 2. The maximum Gasteiger partial charge on any atom is 0.234 e. The number of carbonyl (C=O) groups excluding carboxylic acids is 1. The molecule has 2 heterocycles. The number of nitrogens with one attached hydrogen (secondary N) is 2. The third kappa shape index (κ3) is 5.55. The summed E-state index contributed by atoms with van der Waals surface area (Å²) in [5.74, 6) is 0.278. The van der Waals surface area contributed by atoms with Gasteiger partial charge in [-0.3, -0.25) is 4.79 Å². The SMILES string of the molecule is Cc1ccccc1NC(=O)CSc1nnc(NCCc2cccs2)s1. The molecule has 0 saturated heterocycles. The molecule has 0 saturated carbocycles. The fourth-order valence-corrected chi connectivity index (χ4v) is 4.40. The van der Waals surface area contributed by atoms with Gasteiger partial charge >= 0.3 is 0 Å². The summed E-state index contributed by atoms with van der Waals surface area (Å²) in [5, 5.41) is 17.3. The predicted octanol–water partition coefficient (Wildman–Crippen LogP) is 4.29. The van der Waals surface area contributed by atoms with E-state index in [0.717, 1.165) is 33.7 Å².